The van der Waals surface area contributed by atoms with E-state index >= 15 is 0 Å². The van der Waals surface area contributed by atoms with Crippen LogP contribution in [-0.4, -0.2) is 33.0 Å². The normalized spacial score (nSPS) is 11.5. The zero-order valence-electron chi connectivity index (χ0n) is 23.3. The number of aromatic nitrogens is 3. The number of halogens is 1. The number of nitrogens with one attached hydrogen (secondary N) is 1. The van der Waals surface area contributed by atoms with E-state index in [0.717, 1.165) is 32.8 Å². The largest absolute Gasteiger partial charge is 0.484 e. The van der Waals surface area contributed by atoms with Gasteiger partial charge >= 0.3 is 0 Å². The molecule has 5 rings (SSSR count). The molecule has 2 heterocycles. The summed E-state index contributed by atoms with van der Waals surface area (Å²) in [5.41, 5.74) is 4.97. The van der Waals surface area contributed by atoms with Crippen LogP contribution in [-0.2, 0) is 4.79 Å². The fourth-order valence-corrected chi connectivity index (χ4v) is 5.01. The predicted molar refractivity (Wildman–Crippen MR) is 167 cm³/mol. The van der Waals surface area contributed by atoms with E-state index < -0.39 is 0 Å². The first-order valence-corrected chi connectivity index (χ1v) is 14.0. The van der Waals surface area contributed by atoms with E-state index in [1.807, 2.05) is 100 Å². The van der Waals surface area contributed by atoms with Crippen LogP contribution < -0.4 is 15.6 Å². The van der Waals surface area contributed by atoms with Gasteiger partial charge in [0.05, 0.1) is 17.1 Å². The van der Waals surface area contributed by atoms with Gasteiger partial charge in [-0.2, -0.15) is 9.78 Å². The van der Waals surface area contributed by atoms with Gasteiger partial charge in [0.15, 0.2) is 6.61 Å². The number of rotatable bonds is 8. The molecular weight excluding hydrogens is 582 g/mol. The number of fused-ring (bicyclic) bond motifs is 1. The van der Waals surface area contributed by atoms with Gasteiger partial charge in [0, 0.05) is 38.7 Å². The van der Waals surface area contributed by atoms with Gasteiger partial charge in [0.1, 0.15) is 11.6 Å². The van der Waals surface area contributed by atoms with Crippen molar-refractivity contribution < 1.29 is 9.53 Å². The van der Waals surface area contributed by atoms with E-state index in [-0.39, 0.29) is 24.0 Å². The van der Waals surface area contributed by atoms with Crippen molar-refractivity contribution in [1.29, 1.82) is 0 Å². The highest BCUT2D eigenvalue weighted by molar-refractivity contribution is 9.10. The van der Waals surface area contributed by atoms with Crippen LogP contribution in [0.3, 0.4) is 0 Å². The van der Waals surface area contributed by atoms with Crippen LogP contribution in [0.15, 0.2) is 93.2 Å². The van der Waals surface area contributed by atoms with Crippen LogP contribution >= 0.6 is 15.9 Å². The van der Waals surface area contributed by atoms with Crippen molar-refractivity contribution in [2.75, 3.05) is 11.9 Å². The van der Waals surface area contributed by atoms with Gasteiger partial charge in [-0.05, 0) is 74.5 Å². The van der Waals surface area contributed by atoms with E-state index in [1.54, 1.807) is 12.3 Å². The van der Waals surface area contributed by atoms with Crippen LogP contribution in [0.5, 0.6) is 5.75 Å². The maximum absolute atomic E-state index is 13.4. The molecular formula is C32H30BrN5O3. The van der Waals surface area contributed by atoms with Gasteiger partial charge in [0.25, 0.3) is 11.5 Å². The average Bonchev–Trinajstić information content (AvgIpc) is 3.24. The average molecular weight is 613 g/mol. The number of aryl methyl sites for hydroxylation is 1. The Hall–Kier alpha value is -4.50. The molecule has 0 unspecified atom stereocenters. The Labute approximate surface area is 246 Å². The molecule has 0 aliphatic heterocycles. The number of ether oxygens (including phenoxy) is 1. The van der Waals surface area contributed by atoms with E-state index in [9.17, 15) is 9.59 Å². The van der Waals surface area contributed by atoms with Crippen molar-refractivity contribution in [3.05, 3.63) is 116 Å². The van der Waals surface area contributed by atoms with E-state index in [1.165, 1.54) is 4.68 Å². The number of hydrogen-bond acceptors (Lipinski definition) is 5. The van der Waals surface area contributed by atoms with Crippen LogP contribution in [0, 0.1) is 13.8 Å². The van der Waals surface area contributed by atoms with Gasteiger partial charge in [-0.25, -0.2) is 4.98 Å². The minimum Gasteiger partial charge on any atom is -0.484 e. The molecule has 9 heteroatoms. The Kier molecular flexibility index (Phi) is 8.16. The maximum Gasteiger partial charge on any atom is 0.282 e. The fourth-order valence-electron chi connectivity index (χ4n) is 4.65. The van der Waals surface area contributed by atoms with Gasteiger partial charge in [-0.3, -0.25) is 9.59 Å². The van der Waals surface area contributed by atoms with Crippen LogP contribution in [0.4, 0.5) is 5.69 Å². The minimum absolute atomic E-state index is 0.00507. The standard InChI is InChI=1S/C32H30BrN5O3/c1-20(2)31-36-29-15-10-24(33)17-28(29)32(40)38(31)34-18-23-16-21(3)37(22(23)4)26-11-13-27(14-12-26)41-19-30(39)35-25-8-6-5-7-9-25/h5-18,20H,19H2,1-4H3,(H,35,39). The third-order valence-electron chi connectivity index (χ3n) is 6.65. The lowest BCUT2D eigenvalue weighted by atomic mass is 10.2. The van der Waals surface area contributed by atoms with Crippen molar-refractivity contribution >= 4 is 44.6 Å². The monoisotopic (exact) mass is 611 g/mol. The molecule has 208 valence electrons. The summed E-state index contributed by atoms with van der Waals surface area (Å²) in [5, 5.41) is 7.91. The summed E-state index contributed by atoms with van der Waals surface area (Å²) in [5.74, 6) is 0.973. The number of carbonyl (C=O) groups is 1. The highest BCUT2D eigenvalue weighted by Gasteiger charge is 2.15. The fraction of sp³-hybridized carbons (Fsp3) is 0.188. The molecule has 0 aliphatic rings. The SMILES string of the molecule is Cc1cc(C=Nn2c(C(C)C)nc3ccc(Br)cc3c2=O)c(C)n1-c1ccc(OCC(=O)Nc2ccccc2)cc1. The van der Waals surface area contributed by atoms with E-state index in [2.05, 4.69) is 30.9 Å². The first-order valence-electron chi connectivity index (χ1n) is 13.2. The highest BCUT2D eigenvalue weighted by Crippen LogP contribution is 2.23. The van der Waals surface area contributed by atoms with Crippen LogP contribution in [0.2, 0.25) is 0 Å². The number of amides is 1. The maximum atomic E-state index is 13.4. The summed E-state index contributed by atoms with van der Waals surface area (Å²) in [7, 11) is 0. The van der Waals surface area contributed by atoms with Crippen molar-refractivity contribution in [3.8, 4) is 11.4 Å². The summed E-state index contributed by atoms with van der Waals surface area (Å²) >= 11 is 3.45. The van der Waals surface area contributed by atoms with Gasteiger partial charge < -0.3 is 14.6 Å². The number of benzene rings is 3. The molecule has 1 amide bonds. The molecule has 0 fully saturated rings. The van der Waals surface area contributed by atoms with Gasteiger partial charge in [-0.15, -0.1) is 0 Å². The van der Waals surface area contributed by atoms with Crippen molar-refractivity contribution in [2.45, 2.75) is 33.6 Å². The zero-order valence-corrected chi connectivity index (χ0v) is 24.8. The third kappa shape index (κ3) is 6.15. The Morgan fingerprint density at radius 3 is 2.49 bits per heavy atom. The molecule has 0 radical (unpaired) electrons. The molecule has 8 nitrogen and oxygen atoms in total. The number of hydrogen-bond donors (Lipinski definition) is 1. The summed E-state index contributed by atoms with van der Waals surface area (Å²) in [4.78, 5) is 30.3. The number of para-hydroxylation sites is 1. The minimum atomic E-state index is -0.227. The second-order valence-electron chi connectivity index (χ2n) is 10.0. The first-order chi connectivity index (χ1) is 19.7. The van der Waals surface area contributed by atoms with Crippen LogP contribution in [0.1, 0.15) is 42.5 Å². The molecule has 0 atom stereocenters. The Morgan fingerprint density at radius 1 is 1.05 bits per heavy atom. The summed E-state index contributed by atoms with van der Waals surface area (Å²) < 4.78 is 9.99. The first kappa shape index (κ1) is 28.0. The summed E-state index contributed by atoms with van der Waals surface area (Å²) in [6.45, 7) is 7.92. The Bertz CT molecular complexity index is 1810. The molecule has 3 aromatic carbocycles. The topological polar surface area (TPSA) is 90.5 Å². The molecule has 0 aliphatic carbocycles. The molecule has 0 saturated carbocycles. The highest BCUT2D eigenvalue weighted by atomic mass is 79.9. The van der Waals surface area contributed by atoms with E-state index in [4.69, 9.17) is 9.72 Å². The Balaban J connectivity index is 1.36. The Morgan fingerprint density at radius 2 is 1.78 bits per heavy atom. The van der Waals surface area contributed by atoms with Gasteiger partial charge in [-0.1, -0.05) is 48.0 Å². The summed E-state index contributed by atoms with van der Waals surface area (Å²) in [6.07, 6.45) is 1.71. The molecule has 0 spiro atoms. The van der Waals surface area contributed by atoms with Gasteiger partial charge in [0.2, 0.25) is 0 Å². The lowest BCUT2D eigenvalue weighted by molar-refractivity contribution is -0.118. The smallest absolute Gasteiger partial charge is 0.282 e. The lowest BCUT2D eigenvalue weighted by Crippen LogP contribution is -2.23. The second kappa shape index (κ2) is 11.9. The summed E-state index contributed by atoms with van der Waals surface area (Å²) in [6, 6.07) is 24.3. The third-order valence-corrected chi connectivity index (χ3v) is 7.15. The quantitative estimate of drug-likeness (QED) is 0.200. The van der Waals surface area contributed by atoms with Crippen molar-refractivity contribution in [3.63, 3.8) is 0 Å². The number of carbonyl (C=O) groups excluding carboxylic acids is 1. The van der Waals surface area contributed by atoms with Crippen LogP contribution in [0.25, 0.3) is 16.6 Å². The predicted octanol–water partition coefficient (Wildman–Crippen LogP) is 6.59. The van der Waals surface area contributed by atoms with Crippen molar-refractivity contribution in [2.24, 2.45) is 5.10 Å². The zero-order chi connectivity index (χ0) is 29.1. The second-order valence-corrected chi connectivity index (χ2v) is 10.9. The lowest BCUT2D eigenvalue weighted by Gasteiger charge is -2.12. The van der Waals surface area contributed by atoms with Crippen molar-refractivity contribution in [1.82, 2.24) is 14.2 Å². The number of nitrogens with zero attached hydrogens (tertiary/aromatic N) is 4. The molecule has 0 bridgehead atoms. The number of anilines is 1. The molecule has 5 aromatic rings. The molecule has 41 heavy (non-hydrogen) atoms. The molecule has 2 aromatic heterocycles. The molecule has 1 N–H and O–H groups in total. The molecule has 0 saturated heterocycles. The van der Waals surface area contributed by atoms with E-state index in [0.29, 0.717) is 22.5 Å².